The van der Waals surface area contributed by atoms with Gasteiger partial charge in [-0.1, -0.05) is 0 Å². The summed E-state index contributed by atoms with van der Waals surface area (Å²) in [5.74, 6) is 0. The van der Waals surface area contributed by atoms with E-state index in [1.165, 1.54) is 0 Å². The van der Waals surface area contributed by atoms with E-state index in [0.29, 0.717) is 15.3 Å². The Morgan fingerprint density at radius 3 is 1.50 bits per heavy atom. The monoisotopic (exact) mass is 230 g/mol. The van der Waals surface area contributed by atoms with Crippen LogP contribution in [-0.4, -0.2) is 49.8 Å². The maximum absolute atomic E-state index is 1.60. The maximum atomic E-state index is 1.60. The Labute approximate surface area is 62.9 Å². The van der Waals surface area contributed by atoms with Gasteiger partial charge in [0.15, 0.2) is 0 Å². The van der Waals surface area contributed by atoms with Crippen LogP contribution in [0.4, 0.5) is 0 Å². The molecule has 0 aliphatic carbocycles. The van der Waals surface area contributed by atoms with Crippen molar-refractivity contribution in [3.05, 3.63) is 0 Å². The second-order valence-corrected chi connectivity index (χ2v) is 48.4. The van der Waals surface area contributed by atoms with E-state index < -0.39 is 0 Å². The first-order valence-electron chi connectivity index (χ1n) is 2.34. The van der Waals surface area contributed by atoms with Gasteiger partial charge in [0.25, 0.3) is 0 Å². The highest BCUT2D eigenvalue weighted by Gasteiger charge is 2.61. The summed E-state index contributed by atoms with van der Waals surface area (Å²) < 4.78 is 0. The number of rotatable bonds is 0. The summed E-state index contributed by atoms with van der Waals surface area (Å²) in [5, 5.41) is 0. The summed E-state index contributed by atoms with van der Waals surface area (Å²) in [6.45, 7) is 1.96. The molecule has 0 amide bonds. The molecule has 3 aliphatic heterocycles. The van der Waals surface area contributed by atoms with Gasteiger partial charge in [0.1, 0.15) is 0 Å². The molecule has 3 saturated heterocycles. The van der Waals surface area contributed by atoms with Crippen molar-refractivity contribution in [2.24, 2.45) is 0 Å². The van der Waals surface area contributed by atoms with Crippen molar-refractivity contribution >= 4 is 62.9 Å². The zero-order valence-corrected chi connectivity index (χ0v) is 11.7. The first kappa shape index (κ1) is 5.77. The predicted molar refractivity (Wildman–Crippen MR) is 48.4 cm³/mol. The number of hydrogen-bond acceptors (Lipinski definition) is 0. The smallest absolute Gasteiger partial charge is 0.0739 e. The molecule has 0 spiro atoms. The summed E-state index contributed by atoms with van der Waals surface area (Å²) in [4.78, 5) is 0. The minimum absolute atomic E-state index is 0.604. The molecule has 10 radical (unpaired) electrons. The van der Waals surface area contributed by atoms with Crippen molar-refractivity contribution in [1.29, 1.82) is 0 Å². The van der Waals surface area contributed by atoms with E-state index in [9.17, 15) is 0 Å². The van der Waals surface area contributed by atoms with Crippen LogP contribution in [0.3, 0.4) is 0 Å². The highest BCUT2D eigenvalue weighted by molar-refractivity contribution is 8.89. The van der Waals surface area contributed by atoms with Crippen molar-refractivity contribution < 1.29 is 0 Å². The van der Waals surface area contributed by atoms with E-state index in [0.717, 1.165) is 13.1 Å². The van der Waals surface area contributed by atoms with Gasteiger partial charge in [0.2, 0.25) is 0 Å². The molecule has 3 aliphatic rings. The van der Waals surface area contributed by atoms with Gasteiger partial charge in [-0.25, -0.2) is 0 Å². The molecule has 0 saturated carbocycles. The normalized spacial score (nSPS) is 52.5. The third-order valence-electron chi connectivity index (χ3n) is 1.41. The lowest BCUT2D eigenvalue weighted by atomic mass is 26.1. The molecule has 0 nitrogen and oxygen atoms in total. The lowest BCUT2D eigenvalue weighted by Crippen LogP contribution is -2.64. The third-order valence-corrected chi connectivity index (χ3v) is 114. The molecule has 8 heavy (non-hydrogen) atoms. The van der Waals surface area contributed by atoms with Crippen molar-refractivity contribution in [2.45, 2.75) is 0 Å². The highest BCUT2D eigenvalue weighted by atomic mass is 32.3. The van der Waals surface area contributed by atoms with Crippen molar-refractivity contribution in [1.82, 2.24) is 0 Å². The van der Waals surface area contributed by atoms with E-state index in [1.807, 2.05) is 0 Å². The molecule has 0 bridgehead atoms. The molecule has 0 aromatic carbocycles. The van der Waals surface area contributed by atoms with Gasteiger partial charge >= 0.3 is 0 Å². The topological polar surface area (TPSA) is 0 Å². The summed E-state index contributed by atoms with van der Waals surface area (Å²) in [5.41, 5.74) is 0. The fourth-order valence-electron chi connectivity index (χ4n) is 0.897. The van der Waals surface area contributed by atoms with Gasteiger partial charge in [0, 0.05) is 34.5 Å². The summed E-state index contributed by atoms with van der Waals surface area (Å²) in [7, 11) is 7.60. The highest BCUT2D eigenvalue weighted by Crippen LogP contribution is 2.79. The molecule has 0 aromatic rings. The van der Waals surface area contributed by atoms with Gasteiger partial charge in [0.05, 0.1) is 15.3 Å². The molecule has 34 valence electrons. The van der Waals surface area contributed by atoms with Crippen LogP contribution in [0.2, 0.25) is 0 Å². The molecule has 0 unspecified atom stereocenters. The largest absolute Gasteiger partial charge is 0.148 e. The van der Waals surface area contributed by atoms with Gasteiger partial charge in [-0.3, -0.25) is 0 Å². The van der Waals surface area contributed by atoms with Gasteiger partial charge in [-0.2, -0.15) is 0 Å². The Hall–Kier alpha value is 2.16. The van der Waals surface area contributed by atoms with Crippen LogP contribution < -0.4 is 0 Å². The molecule has 0 atom stereocenters. The van der Waals surface area contributed by atoms with E-state index in [-0.39, 0.29) is 0 Å². The standard InChI is InChI=1S/P2Si6/c3-1-7(5-3)2-4-6-8(1)2. The second-order valence-electron chi connectivity index (χ2n) is 1.79. The molecule has 0 aromatic heterocycles. The van der Waals surface area contributed by atoms with Crippen LogP contribution in [0.15, 0.2) is 0 Å². The zero-order valence-electron chi connectivity index (χ0n) is 3.89. The van der Waals surface area contributed by atoms with Gasteiger partial charge in [-0.15, -0.1) is 13.1 Å². The fraction of sp³-hybridized carbons (Fsp3) is 0. The van der Waals surface area contributed by atoms with Crippen LogP contribution >= 0.6 is 13.1 Å². The van der Waals surface area contributed by atoms with Crippen LogP contribution in [0.25, 0.3) is 0 Å². The minimum Gasteiger partial charge on any atom is -0.148 e. The molecule has 3 fully saturated rings. The van der Waals surface area contributed by atoms with Crippen molar-refractivity contribution in [3.63, 3.8) is 0 Å². The Balaban J connectivity index is 1.87. The minimum atomic E-state index is 0.604. The average molecular weight is 230 g/mol. The molecule has 0 N–H and O–H groups in total. The Morgan fingerprint density at radius 1 is 0.875 bits per heavy atom. The molecular formula is P2Si6. The van der Waals surface area contributed by atoms with Gasteiger partial charge < -0.3 is 0 Å². The average Bonchev–Trinajstić information content (AvgIpc) is 1.70. The van der Waals surface area contributed by atoms with Crippen molar-refractivity contribution in [2.75, 3.05) is 0 Å². The van der Waals surface area contributed by atoms with E-state index in [4.69, 9.17) is 0 Å². The van der Waals surface area contributed by atoms with Crippen LogP contribution in [-0.2, 0) is 0 Å². The van der Waals surface area contributed by atoms with Crippen molar-refractivity contribution in [3.8, 4) is 0 Å². The van der Waals surface area contributed by atoms with Crippen LogP contribution in [0, 0.1) is 0 Å². The lowest BCUT2D eigenvalue weighted by molar-refractivity contribution is 3.48. The Kier molecular flexibility index (Phi) is 1.33. The molecule has 3 rings (SSSR count). The number of hydrogen-bond donors (Lipinski definition) is 0. The SMILES string of the molecule is [Si]1[Si]P2[Si]1P1[Si][Si][Si]21. The summed E-state index contributed by atoms with van der Waals surface area (Å²) in [6.07, 6.45) is 0. The van der Waals surface area contributed by atoms with E-state index in [1.54, 1.807) is 34.5 Å². The molecular weight excluding hydrogens is 230 g/mol. The first-order valence-corrected chi connectivity index (χ1v) is 21.1. The quantitative estimate of drug-likeness (QED) is 0.387. The van der Waals surface area contributed by atoms with Crippen LogP contribution in [0.5, 0.6) is 0 Å². The zero-order chi connectivity index (χ0) is 5.14. The van der Waals surface area contributed by atoms with E-state index in [2.05, 4.69) is 0 Å². The van der Waals surface area contributed by atoms with Crippen LogP contribution in [0.1, 0.15) is 0 Å². The molecule has 8 heteroatoms. The predicted octanol–water partition coefficient (Wildman–Crippen LogP) is -0.562. The first-order chi connectivity index (χ1) is 3.97. The lowest BCUT2D eigenvalue weighted by Gasteiger charge is -2.64. The molecule has 3 heterocycles. The second kappa shape index (κ2) is 1.85. The fourth-order valence-corrected chi connectivity index (χ4v) is 192. The Bertz CT molecular complexity index is 94.5. The Morgan fingerprint density at radius 2 is 1.38 bits per heavy atom. The van der Waals surface area contributed by atoms with Gasteiger partial charge in [-0.05, 0) is 0 Å². The maximum Gasteiger partial charge on any atom is 0.0739 e. The third kappa shape index (κ3) is 0.528. The van der Waals surface area contributed by atoms with E-state index >= 15 is 0 Å². The number of fused-ring (bicyclic) bond motifs is 4. The summed E-state index contributed by atoms with van der Waals surface area (Å²) >= 11 is 0. The summed E-state index contributed by atoms with van der Waals surface area (Å²) in [6, 6.07) is 0.